The normalized spacial score (nSPS) is 15.9. The van der Waals surface area contributed by atoms with Gasteiger partial charge in [-0.1, -0.05) is 46.8 Å². The smallest absolute Gasteiger partial charge is 0.250 e. The van der Waals surface area contributed by atoms with Gasteiger partial charge in [-0.25, -0.2) is 0 Å². The number of benzene rings is 2. The number of carbonyl (C=O) groups excluding carboxylic acids is 1. The molecule has 1 heterocycles. The number of rotatable bonds is 7. The van der Waals surface area contributed by atoms with Crippen molar-refractivity contribution in [3.05, 3.63) is 69.9 Å². The Morgan fingerprint density at radius 1 is 0.944 bits per heavy atom. The number of aromatic nitrogens is 1. The lowest BCUT2D eigenvalue weighted by molar-refractivity contribution is 0.0999. The second kappa shape index (κ2) is 9.34. The molecule has 0 fully saturated rings. The zero-order valence-electron chi connectivity index (χ0n) is 23.0. The quantitative estimate of drug-likeness (QED) is 0.411. The van der Waals surface area contributed by atoms with Gasteiger partial charge in [0, 0.05) is 23.5 Å². The number of fused-ring (bicyclic) bond motifs is 1. The number of hydrogen-bond acceptors (Lipinski definition) is 3. The second-order valence-electron chi connectivity index (χ2n) is 11.3. The van der Waals surface area contributed by atoms with Gasteiger partial charge < -0.3 is 19.8 Å². The van der Waals surface area contributed by atoms with E-state index in [1.165, 1.54) is 28.7 Å². The van der Waals surface area contributed by atoms with Crippen molar-refractivity contribution in [2.75, 3.05) is 14.2 Å². The largest absolute Gasteiger partial charge is 0.493 e. The second-order valence-corrected chi connectivity index (χ2v) is 11.3. The number of carbonyl (C=O) groups is 1. The average Bonchev–Trinajstić information content (AvgIpc) is 3.17. The predicted octanol–water partition coefficient (Wildman–Crippen LogP) is 6.54. The fourth-order valence-corrected chi connectivity index (χ4v) is 5.67. The van der Waals surface area contributed by atoms with E-state index in [9.17, 15) is 4.79 Å². The molecule has 0 radical (unpaired) electrons. The summed E-state index contributed by atoms with van der Waals surface area (Å²) in [6, 6.07) is 12.7. The van der Waals surface area contributed by atoms with Crippen LogP contribution in [0, 0.1) is 6.92 Å². The van der Waals surface area contributed by atoms with Gasteiger partial charge in [0.1, 0.15) is 0 Å². The fourth-order valence-electron chi connectivity index (χ4n) is 5.67. The van der Waals surface area contributed by atoms with E-state index in [2.05, 4.69) is 51.3 Å². The highest BCUT2D eigenvalue weighted by Crippen LogP contribution is 2.48. The Morgan fingerprint density at radius 2 is 1.56 bits per heavy atom. The summed E-state index contributed by atoms with van der Waals surface area (Å²) in [5.41, 5.74) is 14.9. The number of methoxy groups -OCH3 is 2. The van der Waals surface area contributed by atoms with E-state index < -0.39 is 5.91 Å². The van der Waals surface area contributed by atoms with Crippen molar-refractivity contribution in [3.8, 4) is 22.8 Å². The van der Waals surface area contributed by atoms with Gasteiger partial charge in [-0.2, -0.15) is 0 Å². The molecule has 0 bridgehead atoms. The molecule has 2 N–H and O–H groups in total. The minimum atomic E-state index is -0.405. The highest BCUT2D eigenvalue weighted by molar-refractivity contribution is 5.96. The first-order valence-electron chi connectivity index (χ1n) is 12.8. The van der Waals surface area contributed by atoms with Crippen LogP contribution in [0.5, 0.6) is 11.5 Å². The van der Waals surface area contributed by atoms with Crippen molar-refractivity contribution >= 4 is 5.91 Å². The van der Waals surface area contributed by atoms with Gasteiger partial charge in [-0.3, -0.25) is 4.79 Å². The lowest BCUT2D eigenvalue weighted by atomic mass is 9.62. The van der Waals surface area contributed by atoms with Crippen LogP contribution in [0.3, 0.4) is 0 Å². The first-order valence-corrected chi connectivity index (χ1v) is 12.8. The summed E-state index contributed by atoms with van der Waals surface area (Å²) < 4.78 is 13.2. The molecular formula is C31H40N2O3. The number of nitrogens with zero attached hydrogens (tertiary/aromatic N) is 1. The van der Waals surface area contributed by atoms with E-state index >= 15 is 0 Å². The van der Waals surface area contributed by atoms with Gasteiger partial charge in [0.2, 0.25) is 0 Å². The van der Waals surface area contributed by atoms with Crippen molar-refractivity contribution < 1.29 is 14.3 Å². The number of hydrogen-bond donors (Lipinski definition) is 1. The van der Waals surface area contributed by atoms with E-state index in [1.807, 2.05) is 31.2 Å². The summed E-state index contributed by atoms with van der Waals surface area (Å²) in [7, 11) is 3.28. The maximum Gasteiger partial charge on any atom is 0.250 e. The molecular weight excluding hydrogens is 448 g/mol. The molecule has 36 heavy (non-hydrogen) atoms. The zero-order valence-corrected chi connectivity index (χ0v) is 23.0. The first-order chi connectivity index (χ1) is 16.9. The van der Waals surface area contributed by atoms with Crippen LogP contribution in [-0.4, -0.2) is 24.7 Å². The Morgan fingerprint density at radius 3 is 2.11 bits per heavy atom. The molecule has 0 spiro atoms. The lowest BCUT2D eigenvalue weighted by Gasteiger charge is -2.42. The third-order valence-corrected chi connectivity index (χ3v) is 8.15. The zero-order chi connectivity index (χ0) is 26.4. The monoisotopic (exact) mass is 488 g/mol. The molecule has 0 unspecified atom stereocenters. The van der Waals surface area contributed by atoms with Crippen LogP contribution < -0.4 is 15.2 Å². The third kappa shape index (κ3) is 4.40. The van der Waals surface area contributed by atoms with Crippen molar-refractivity contribution in [1.82, 2.24) is 4.57 Å². The molecule has 0 saturated carbocycles. The van der Waals surface area contributed by atoms with Gasteiger partial charge in [0.15, 0.2) is 11.5 Å². The molecule has 1 aliphatic rings. The van der Waals surface area contributed by atoms with Crippen molar-refractivity contribution in [2.45, 2.75) is 78.2 Å². The molecule has 0 atom stereocenters. The van der Waals surface area contributed by atoms with Crippen molar-refractivity contribution in [1.29, 1.82) is 0 Å². The summed E-state index contributed by atoms with van der Waals surface area (Å²) >= 11 is 0. The molecule has 3 aromatic rings. The number of primary amides is 1. The van der Waals surface area contributed by atoms with Crippen LogP contribution in [0.2, 0.25) is 0 Å². The van der Waals surface area contributed by atoms with Gasteiger partial charge in [0.25, 0.3) is 5.91 Å². The summed E-state index contributed by atoms with van der Waals surface area (Å²) in [5.74, 6) is 0.970. The van der Waals surface area contributed by atoms with Gasteiger partial charge in [-0.15, -0.1) is 0 Å². The number of aryl methyl sites for hydroxylation is 1. The molecule has 0 aliphatic heterocycles. The summed E-state index contributed by atoms with van der Waals surface area (Å²) in [6.45, 7) is 14.2. The summed E-state index contributed by atoms with van der Waals surface area (Å²) in [6.07, 6.45) is 3.23. The van der Waals surface area contributed by atoms with Crippen LogP contribution in [0.4, 0.5) is 0 Å². The Hall–Kier alpha value is -3.21. The number of ether oxygens (including phenoxy) is 2. The maximum atomic E-state index is 12.4. The Kier molecular flexibility index (Phi) is 6.72. The Labute approximate surface area is 215 Å². The molecule has 2 aromatic carbocycles. The van der Waals surface area contributed by atoms with E-state index in [1.54, 1.807) is 14.2 Å². The molecule has 0 saturated heterocycles. The standard InChI is InChI=1S/C31H40N2O3/c1-9-21-15-24-25(31(5,6)13-12-30(24,3)4)16-23(21)26-17-22(29(32)34)19(2)33(26)18-20-10-11-27(35-7)28(14-20)36-8/h10-11,14-17H,9,12-13,18H2,1-8H3,(H2,32,34). The minimum Gasteiger partial charge on any atom is -0.493 e. The van der Waals surface area contributed by atoms with Crippen LogP contribution in [0.25, 0.3) is 11.3 Å². The minimum absolute atomic E-state index is 0.0915. The third-order valence-electron chi connectivity index (χ3n) is 8.15. The summed E-state index contributed by atoms with van der Waals surface area (Å²) in [5, 5.41) is 0. The molecule has 192 valence electrons. The van der Waals surface area contributed by atoms with Crippen LogP contribution in [0.15, 0.2) is 36.4 Å². The summed E-state index contributed by atoms with van der Waals surface area (Å²) in [4.78, 5) is 12.4. The van der Waals surface area contributed by atoms with Gasteiger partial charge in [0.05, 0.1) is 19.8 Å². The number of nitrogens with two attached hydrogens (primary N) is 1. The van der Waals surface area contributed by atoms with Crippen LogP contribution in [-0.2, 0) is 23.8 Å². The first kappa shape index (κ1) is 25.9. The van der Waals surface area contributed by atoms with Crippen LogP contribution >= 0.6 is 0 Å². The molecule has 4 rings (SSSR count). The Balaban J connectivity index is 1.94. The SMILES string of the molecule is CCc1cc2c(cc1-c1cc(C(N)=O)c(C)n1Cc1ccc(OC)c(OC)c1)C(C)(C)CCC2(C)C. The average molecular weight is 489 g/mol. The highest BCUT2D eigenvalue weighted by Gasteiger charge is 2.38. The van der Waals surface area contributed by atoms with Crippen LogP contribution in [0.1, 0.15) is 85.8 Å². The molecule has 1 amide bonds. The number of amides is 1. The molecule has 1 aromatic heterocycles. The van der Waals surface area contributed by atoms with E-state index in [0.717, 1.165) is 29.8 Å². The topological polar surface area (TPSA) is 66.5 Å². The predicted molar refractivity (Wildman–Crippen MR) is 146 cm³/mol. The maximum absolute atomic E-state index is 12.4. The van der Waals surface area contributed by atoms with E-state index in [-0.39, 0.29) is 10.8 Å². The van der Waals surface area contributed by atoms with E-state index in [4.69, 9.17) is 15.2 Å². The fraction of sp³-hybridized carbons (Fsp3) is 0.452. The van der Waals surface area contributed by atoms with Gasteiger partial charge in [-0.05, 0) is 83.5 Å². The van der Waals surface area contributed by atoms with Crippen molar-refractivity contribution in [3.63, 3.8) is 0 Å². The van der Waals surface area contributed by atoms with E-state index in [0.29, 0.717) is 23.6 Å². The highest BCUT2D eigenvalue weighted by atomic mass is 16.5. The lowest BCUT2D eigenvalue weighted by Crippen LogP contribution is -2.34. The molecule has 5 heteroatoms. The Bertz CT molecular complexity index is 1310. The van der Waals surface area contributed by atoms with Gasteiger partial charge >= 0.3 is 0 Å². The van der Waals surface area contributed by atoms with Crippen molar-refractivity contribution in [2.24, 2.45) is 5.73 Å². The molecule has 5 nitrogen and oxygen atoms in total. The molecule has 1 aliphatic carbocycles.